The third-order valence-corrected chi connectivity index (χ3v) is 3.82. The summed E-state index contributed by atoms with van der Waals surface area (Å²) in [4.78, 5) is 22.4. The van der Waals surface area contributed by atoms with Gasteiger partial charge in [0.15, 0.2) is 5.75 Å². The van der Waals surface area contributed by atoms with Crippen LogP contribution in [0.5, 0.6) is 11.5 Å². The van der Waals surface area contributed by atoms with Crippen LogP contribution in [-0.4, -0.2) is 28.6 Å². The van der Waals surface area contributed by atoms with Gasteiger partial charge in [-0.15, -0.1) is 13.2 Å². The second-order valence-electron chi connectivity index (χ2n) is 5.40. The van der Waals surface area contributed by atoms with Crippen LogP contribution in [0.2, 0.25) is 5.02 Å². The summed E-state index contributed by atoms with van der Waals surface area (Å²) in [5, 5.41) is 10.7. The molecular weight excluding hydrogens is 389 g/mol. The normalized spacial score (nSPS) is 11.1. The zero-order valence-corrected chi connectivity index (χ0v) is 14.8. The van der Waals surface area contributed by atoms with Crippen molar-refractivity contribution >= 4 is 23.2 Å². The van der Waals surface area contributed by atoms with E-state index in [0.717, 1.165) is 6.07 Å². The van der Waals surface area contributed by atoms with E-state index in [9.17, 15) is 28.1 Å². The predicted octanol–water partition coefficient (Wildman–Crippen LogP) is 5.41. The number of ether oxygens (including phenoxy) is 1. The number of non-ortho nitro benzene ring substituents is 1. The van der Waals surface area contributed by atoms with Gasteiger partial charge < -0.3 is 4.74 Å². The molecule has 0 fully saturated rings. The molecule has 0 saturated heterocycles. The minimum Gasteiger partial charge on any atom is -0.456 e. The van der Waals surface area contributed by atoms with Gasteiger partial charge in [0, 0.05) is 12.6 Å². The molecule has 0 aliphatic rings. The zero-order chi connectivity index (χ0) is 20.2. The van der Waals surface area contributed by atoms with E-state index in [-0.39, 0.29) is 22.8 Å². The molecule has 0 aliphatic heterocycles. The van der Waals surface area contributed by atoms with E-state index in [2.05, 4.69) is 0 Å². The molecular formula is C17H14ClF3N2O4. The van der Waals surface area contributed by atoms with Crippen LogP contribution in [-0.2, 0) is 0 Å². The lowest BCUT2D eigenvalue weighted by Crippen LogP contribution is -2.43. The Morgan fingerprint density at radius 3 is 2.41 bits per heavy atom. The van der Waals surface area contributed by atoms with Crippen LogP contribution in [0.3, 0.4) is 0 Å². The van der Waals surface area contributed by atoms with Gasteiger partial charge in [-0.2, -0.15) is 0 Å². The Kier molecular flexibility index (Phi) is 6.27. The molecule has 6 nitrogen and oxygen atoms in total. The molecule has 2 aromatic carbocycles. The van der Waals surface area contributed by atoms with Gasteiger partial charge in [0.25, 0.3) is 11.6 Å². The third-order valence-electron chi connectivity index (χ3n) is 3.43. The van der Waals surface area contributed by atoms with Gasteiger partial charge in [-0.1, -0.05) is 36.7 Å². The number of hydrogen-bond donors (Lipinski definition) is 0. The van der Waals surface area contributed by atoms with E-state index in [1.165, 1.54) is 19.1 Å². The van der Waals surface area contributed by atoms with Crippen molar-refractivity contribution in [3.05, 3.63) is 63.2 Å². The van der Waals surface area contributed by atoms with Crippen LogP contribution in [0.15, 0.2) is 42.5 Å². The summed E-state index contributed by atoms with van der Waals surface area (Å²) in [6, 6.07) is 9.65. The number of nitro benzene ring substituents is 1. The lowest BCUT2D eigenvalue weighted by Gasteiger charge is -2.25. The number of halogens is 4. The molecule has 0 heterocycles. The summed E-state index contributed by atoms with van der Waals surface area (Å²) in [7, 11) is 0. The van der Waals surface area contributed by atoms with Gasteiger partial charge in [0.1, 0.15) is 5.75 Å². The molecule has 0 N–H and O–H groups in total. The molecule has 0 bridgehead atoms. The van der Waals surface area contributed by atoms with E-state index in [0.29, 0.717) is 6.07 Å². The van der Waals surface area contributed by atoms with Crippen molar-refractivity contribution in [1.29, 1.82) is 0 Å². The fourth-order valence-corrected chi connectivity index (χ4v) is 2.48. The summed E-state index contributed by atoms with van der Waals surface area (Å²) in [6.45, 7) is 0.848. The lowest BCUT2D eigenvalue weighted by atomic mass is 10.1. The molecule has 0 aliphatic carbocycles. The van der Waals surface area contributed by atoms with Crippen LogP contribution < -0.4 is 4.74 Å². The van der Waals surface area contributed by atoms with Gasteiger partial charge in [-0.3, -0.25) is 14.9 Å². The summed E-state index contributed by atoms with van der Waals surface area (Å²) in [5.41, 5.74) is -1.28. The Labute approximate surface area is 157 Å². The first-order chi connectivity index (χ1) is 12.6. The Morgan fingerprint density at radius 1 is 1.26 bits per heavy atom. The Balaban J connectivity index is 2.54. The summed E-state index contributed by atoms with van der Waals surface area (Å²) >= 11 is 6.06. The average molecular weight is 403 g/mol. The maximum absolute atomic E-state index is 13.2. The Morgan fingerprint density at radius 2 is 1.89 bits per heavy atom. The number of para-hydroxylation sites is 1. The largest absolute Gasteiger partial charge is 0.487 e. The molecule has 0 saturated carbocycles. The fraction of sp³-hybridized carbons (Fsp3) is 0.235. The second kappa shape index (κ2) is 8.26. The number of hydrogen-bond acceptors (Lipinski definition) is 4. The second-order valence-corrected chi connectivity index (χ2v) is 5.78. The summed E-state index contributed by atoms with van der Waals surface area (Å²) < 4.78 is 45.0. The van der Waals surface area contributed by atoms with Crippen molar-refractivity contribution in [1.82, 2.24) is 4.90 Å². The molecule has 144 valence electrons. The van der Waals surface area contributed by atoms with Crippen LogP contribution in [0, 0.1) is 10.1 Å². The minimum absolute atomic E-state index is 0.0329. The van der Waals surface area contributed by atoms with Crippen LogP contribution in [0.1, 0.15) is 23.7 Å². The smallest absolute Gasteiger partial charge is 0.456 e. The molecule has 0 spiro atoms. The molecule has 0 unspecified atom stereocenters. The van der Waals surface area contributed by atoms with Crippen molar-refractivity contribution in [2.75, 3.05) is 6.54 Å². The van der Waals surface area contributed by atoms with Gasteiger partial charge in [0.05, 0.1) is 21.6 Å². The molecule has 0 atom stereocenters. The Bertz CT molecular complexity index is 844. The standard InChI is InChI=1S/C17H14ClF3N2O4/c1-2-8-22(17(19,20)21)16(24)13-9-11(23(25)26)10-14(15(13)18)27-12-6-4-3-5-7-12/h3-7,9-10H,2,8H2,1H3. The SMILES string of the molecule is CCCN(C(=O)c1cc([N+](=O)[O-])cc(Oc2ccccc2)c1Cl)C(F)(F)F. The number of nitro groups is 1. The molecule has 0 aromatic heterocycles. The highest BCUT2D eigenvalue weighted by Gasteiger charge is 2.42. The molecule has 27 heavy (non-hydrogen) atoms. The molecule has 0 radical (unpaired) electrons. The number of amides is 1. The van der Waals surface area contributed by atoms with E-state index in [1.807, 2.05) is 0 Å². The van der Waals surface area contributed by atoms with Crippen LogP contribution in [0.4, 0.5) is 18.9 Å². The molecule has 1 amide bonds. The van der Waals surface area contributed by atoms with Gasteiger partial charge in [-0.05, 0) is 18.6 Å². The maximum Gasteiger partial charge on any atom is 0.487 e. The van der Waals surface area contributed by atoms with Gasteiger partial charge in [0.2, 0.25) is 0 Å². The number of carbonyl (C=O) groups is 1. The van der Waals surface area contributed by atoms with Crippen LogP contribution in [0.25, 0.3) is 0 Å². The minimum atomic E-state index is -4.96. The fourth-order valence-electron chi connectivity index (χ4n) is 2.25. The predicted molar refractivity (Wildman–Crippen MR) is 92.0 cm³/mol. The number of alkyl halides is 3. The first kappa shape index (κ1) is 20.5. The monoisotopic (exact) mass is 402 g/mol. The van der Waals surface area contributed by atoms with E-state index in [1.54, 1.807) is 18.2 Å². The number of benzene rings is 2. The zero-order valence-electron chi connectivity index (χ0n) is 14.0. The van der Waals surface area contributed by atoms with Crippen LogP contribution >= 0.6 is 11.6 Å². The highest BCUT2D eigenvalue weighted by atomic mass is 35.5. The van der Waals surface area contributed by atoms with E-state index in [4.69, 9.17) is 16.3 Å². The van der Waals surface area contributed by atoms with Crippen molar-refractivity contribution in [2.24, 2.45) is 0 Å². The van der Waals surface area contributed by atoms with Crippen molar-refractivity contribution in [2.45, 2.75) is 19.6 Å². The molecule has 2 aromatic rings. The average Bonchev–Trinajstić information content (AvgIpc) is 2.60. The first-order valence-corrected chi connectivity index (χ1v) is 8.12. The number of nitrogens with zero attached hydrogens (tertiary/aromatic N) is 2. The summed E-state index contributed by atoms with van der Waals surface area (Å²) in [5.74, 6) is -1.53. The van der Waals surface area contributed by atoms with Crippen molar-refractivity contribution in [3.8, 4) is 11.5 Å². The highest BCUT2D eigenvalue weighted by molar-refractivity contribution is 6.35. The quantitative estimate of drug-likeness (QED) is 0.368. The number of rotatable bonds is 6. The van der Waals surface area contributed by atoms with Crippen molar-refractivity contribution < 1.29 is 27.6 Å². The topological polar surface area (TPSA) is 72.7 Å². The van der Waals surface area contributed by atoms with Gasteiger partial charge >= 0.3 is 6.30 Å². The molecule has 2 rings (SSSR count). The van der Waals surface area contributed by atoms with Gasteiger partial charge in [-0.25, -0.2) is 4.90 Å². The van der Waals surface area contributed by atoms with Crippen molar-refractivity contribution in [3.63, 3.8) is 0 Å². The Hall–Kier alpha value is -2.81. The third kappa shape index (κ3) is 4.88. The molecule has 10 heteroatoms. The summed E-state index contributed by atoms with van der Waals surface area (Å²) in [6.07, 6.45) is -4.92. The first-order valence-electron chi connectivity index (χ1n) is 7.74. The number of carbonyl (C=O) groups excluding carboxylic acids is 1. The van der Waals surface area contributed by atoms with E-state index >= 15 is 0 Å². The van der Waals surface area contributed by atoms with E-state index < -0.39 is 39.9 Å². The highest BCUT2D eigenvalue weighted by Crippen LogP contribution is 2.37. The lowest BCUT2D eigenvalue weighted by molar-refractivity contribution is -0.385. The maximum atomic E-state index is 13.2.